The van der Waals surface area contributed by atoms with E-state index in [2.05, 4.69) is 9.88 Å². The first-order chi connectivity index (χ1) is 13.1. The van der Waals surface area contributed by atoms with E-state index in [1.165, 1.54) is 12.6 Å². The summed E-state index contributed by atoms with van der Waals surface area (Å²) in [6.07, 6.45) is 3.57. The van der Waals surface area contributed by atoms with E-state index in [0.717, 1.165) is 22.2 Å². The molecule has 0 saturated heterocycles. The summed E-state index contributed by atoms with van der Waals surface area (Å²) in [5.41, 5.74) is 3.14. The third-order valence-corrected chi connectivity index (χ3v) is 4.33. The maximum Gasteiger partial charge on any atom is 0.261 e. The highest BCUT2D eigenvalue weighted by Gasteiger charge is 2.11. The maximum absolute atomic E-state index is 11.8. The van der Waals surface area contributed by atoms with Crippen LogP contribution < -0.4 is 10.1 Å². The van der Waals surface area contributed by atoms with Gasteiger partial charge in [0.15, 0.2) is 0 Å². The van der Waals surface area contributed by atoms with Crippen molar-refractivity contribution in [1.29, 1.82) is 5.26 Å². The molecule has 1 heterocycles. The van der Waals surface area contributed by atoms with Gasteiger partial charge in [-0.1, -0.05) is 35.9 Å². The zero-order chi connectivity index (χ0) is 19.2. The summed E-state index contributed by atoms with van der Waals surface area (Å²) in [6.45, 7) is 3.22. The molecular weight excluding hydrogens is 338 g/mol. The predicted octanol–water partition coefficient (Wildman–Crippen LogP) is 3.68. The number of rotatable bonds is 6. The Morgan fingerprint density at radius 3 is 2.67 bits per heavy atom. The summed E-state index contributed by atoms with van der Waals surface area (Å²) in [4.78, 5) is 11.8. The van der Waals surface area contributed by atoms with Gasteiger partial charge >= 0.3 is 0 Å². The van der Waals surface area contributed by atoms with Crippen molar-refractivity contribution in [1.82, 2.24) is 9.88 Å². The molecule has 1 amide bonds. The Balaban J connectivity index is 1.84. The summed E-state index contributed by atoms with van der Waals surface area (Å²) in [5, 5.41) is 12.7. The number of carbonyl (C=O) groups is 1. The van der Waals surface area contributed by atoms with Gasteiger partial charge in [0, 0.05) is 29.7 Å². The number of hydrogen-bond donors (Lipinski definition) is 1. The van der Waals surface area contributed by atoms with Crippen LogP contribution >= 0.6 is 0 Å². The molecule has 0 radical (unpaired) electrons. The summed E-state index contributed by atoms with van der Waals surface area (Å²) < 4.78 is 7.91. The zero-order valence-corrected chi connectivity index (χ0v) is 15.4. The van der Waals surface area contributed by atoms with Crippen LogP contribution in [0.3, 0.4) is 0 Å². The lowest BCUT2D eigenvalue weighted by Crippen LogP contribution is -2.19. The summed E-state index contributed by atoms with van der Waals surface area (Å²) in [7, 11) is 1.51. The Labute approximate surface area is 158 Å². The van der Waals surface area contributed by atoms with Crippen molar-refractivity contribution >= 4 is 22.9 Å². The van der Waals surface area contributed by atoms with E-state index < -0.39 is 5.91 Å². The van der Waals surface area contributed by atoms with Gasteiger partial charge in [0.05, 0.1) is 6.54 Å². The molecule has 5 heteroatoms. The van der Waals surface area contributed by atoms with Crippen molar-refractivity contribution in [3.05, 3.63) is 71.4 Å². The summed E-state index contributed by atoms with van der Waals surface area (Å²) in [5.74, 6) is 0.445. The molecule has 1 N–H and O–H groups in total. The van der Waals surface area contributed by atoms with Gasteiger partial charge in [-0.15, -0.1) is 0 Å². The van der Waals surface area contributed by atoms with Crippen molar-refractivity contribution in [2.75, 3.05) is 13.7 Å². The fraction of sp³-hybridized carbons (Fsp3) is 0.182. The van der Waals surface area contributed by atoms with Crippen LogP contribution in [0.15, 0.2) is 60.3 Å². The van der Waals surface area contributed by atoms with E-state index in [0.29, 0.717) is 13.2 Å². The number of ether oxygens (including phenoxy) is 1. The lowest BCUT2D eigenvalue weighted by Gasteiger charge is -2.08. The largest absolute Gasteiger partial charge is 0.492 e. The van der Waals surface area contributed by atoms with Gasteiger partial charge in [0.1, 0.15) is 24.0 Å². The van der Waals surface area contributed by atoms with Gasteiger partial charge in [-0.25, -0.2) is 0 Å². The van der Waals surface area contributed by atoms with E-state index in [-0.39, 0.29) is 5.57 Å². The fourth-order valence-electron chi connectivity index (χ4n) is 2.91. The molecule has 1 aromatic heterocycles. The first-order valence-electron chi connectivity index (χ1n) is 8.73. The SMILES string of the molecule is CNC(=O)C(C#N)=Cc1cn(CCOc2ccc(C)cc2)c2ccccc12. The number of amides is 1. The average molecular weight is 359 g/mol. The van der Waals surface area contributed by atoms with Gasteiger partial charge in [0.2, 0.25) is 0 Å². The lowest BCUT2D eigenvalue weighted by molar-refractivity contribution is -0.116. The van der Waals surface area contributed by atoms with E-state index in [4.69, 9.17) is 4.74 Å². The Morgan fingerprint density at radius 2 is 1.96 bits per heavy atom. The number of carbonyl (C=O) groups excluding carboxylic acids is 1. The molecular formula is C22H21N3O2. The summed E-state index contributed by atoms with van der Waals surface area (Å²) in [6, 6.07) is 17.8. The number of para-hydroxylation sites is 1. The van der Waals surface area contributed by atoms with E-state index in [9.17, 15) is 10.1 Å². The second kappa shape index (κ2) is 8.24. The smallest absolute Gasteiger partial charge is 0.261 e. The summed E-state index contributed by atoms with van der Waals surface area (Å²) >= 11 is 0. The Kier molecular flexibility index (Phi) is 5.58. The number of fused-ring (bicyclic) bond motifs is 1. The molecule has 0 bridgehead atoms. The minimum atomic E-state index is -0.392. The molecule has 3 rings (SSSR count). The molecule has 5 nitrogen and oxygen atoms in total. The van der Waals surface area contributed by atoms with Crippen LogP contribution in [0.25, 0.3) is 17.0 Å². The molecule has 136 valence electrons. The molecule has 0 aliphatic rings. The normalized spacial score (nSPS) is 11.2. The average Bonchev–Trinajstić information content (AvgIpc) is 3.05. The number of likely N-dealkylation sites (N-methyl/N-ethyl adjacent to an activating group) is 1. The number of nitrogens with one attached hydrogen (secondary N) is 1. The van der Waals surface area contributed by atoms with Gasteiger partial charge in [-0.3, -0.25) is 4.79 Å². The van der Waals surface area contributed by atoms with Gasteiger partial charge < -0.3 is 14.6 Å². The highest BCUT2D eigenvalue weighted by molar-refractivity contribution is 6.03. The Morgan fingerprint density at radius 1 is 1.22 bits per heavy atom. The minimum absolute atomic E-state index is 0.0799. The van der Waals surface area contributed by atoms with Crippen molar-refractivity contribution in [2.45, 2.75) is 13.5 Å². The molecule has 0 fully saturated rings. The molecule has 0 aliphatic heterocycles. The van der Waals surface area contributed by atoms with Gasteiger partial charge in [-0.2, -0.15) is 5.26 Å². The molecule has 3 aromatic rings. The molecule has 27 heavy (non-hydrogen) atoms. The maximum atomic E-state index is 11.8. The molecule has 2 aromatic carbocycles. The number of benzene rings is 2. The zero-order valence-electron chi connectivity index (χ0n) is 15.4. The molecule has 0 aliphatic carbocycles. The first kappa shape index (κ1) is 18.3. The highest BCUT2D eigenvalue weighted by atomic mass is 16.5. The lowest BCUT2D eigenvalue weighted by atomic mass is 10.1. The van der Waals surface area contributed by atoms with Crippen molar-refractivity contribution in [3.63, 3.8) is 0 Å². The number of aryl methyl sites for hydroxylation is 1. The van der Waals surface area contributed by atoms with Crippen LogP contribution in [0.4, 0.5) is 0 Å². The van der Waals surface area contributed by atoms with Crippen LogP contribution in [-0.2, 0) is 11.3 Å². The fourth-order valence-corrected chi connectivity index (χ4v) is 2.91. The quantitative estimate of drug-likeness (QED) is 0.539. The van der Waals surface area contributed by atoms with Crippen molar-refractivity contribution in [3.8, 4) is 11.8 Å². The van der Waals surface area contributed by atoms with Crippen LogP contribution in [-0.4, -0.2) is 24.1 Å². The van der Waals surface area contributed by atoms with Gasteiger partial charge in [-0.05, 0) is 31.2 Å². The van der Waals surface area contributed by atoms with Crippen LogP contribution in [0, 0.1) is 18.3 Å². The van der Waals surface area contributed by atoms with E-state index >= 15 is 0 Å². The van der Waals surface area contributed by atoms with Crippen molar-refractivity contribution < 1.29 is 9.53 Å². The number of nitriles is 1. The Bertz CT molecular complexity index is 1020. The highest BCUT2D eigenvalue weighted by Crippen LogP contribution is 2.24. The second-order valence-electron chi connectivity index (χ2n) is 6.21. The first-order valence-corrected chi connectivity index (χ1v) is 8.73. The van der Waals surface area contributed by atoms with E-state index in [1.807, 2.05) is 67.7 Å². The monoisotopic (exact) mass is 359 g/mol. The topological polar surface area (TPSA) is 67.0 Å². The Hall–Kier alpha value is -3.52. The van der Waals surface area contributed by atoms with E-state index in [1.54, 1.807) is 6.08 Å². The molecule has 0 unspecified atom stereocenters. The number of nitrogens with zero attached hydrogens (tertiary/aromatic N) is 2. The second-order valence-corrected chi connectivity index (χ2v) is 6.21. The van der Waals surface area contributed by atoms with Crippen LogP contribution in [0.1, 0.15) is 11.1 Å². The predicted molar refractivity (Wildman–Crippen MR) is 106 cm³/mol. The molecule has 0 spiro atoms. The molecule has 0 saturated carbocycles. The van der Waals surface area contributed by atoms with Gasteiger partial charge in [0.25, 0.3) is 5.91 Å². The van der Waals surface area contributed by atoms with Crippen molar-refractivity contribution in [2.24, 2.45) is 0 Å². The van der Waals surface area contributed by atoms with Crippen LogP contribution in [0.5, 0.6) is 5.75 Å². The number of aromatic nitrogens is 1. The van der Waals surface area contributed by atoms with Crippen LogP contribution in [0.2, 0.25) is 0 Å². The third-order valence-electron chi connectivity index (χ3n) is 4.33. The number of hydrogen-bond acceptors (Lipinski definition) is 3. The minimum Gasteiger partial charge on any atom is -0.492 e. The molecule has 0 atom stereocenters. The third kappa shape index (κ3) is 4.18. The standard InChI is InChI=1S/C22H21N3O2/c1-16-7-9-19(10-8-16)27-12-11-25-15-18(13-17(14-23)22(26)24-2)20-5-3-4-6-21(20)25/h3-10,13,15H,11-12H2,1-2H3,(H,24,26).